The van der Waals surface area contributed by atoms with Crippen molar-refractivity contribution in [1.29, 1.82) is 0 Å². The van der Waals surface area contributed by atoms with Crippen LogP contribution in [0.3, 0.4) is 0 Å². The van der Waals surface area contributed by atoms with Crippen LogP contribution in [0.5, 0.6) is 0 Å². The Hall–Kier alpha value is -1.84. The van der Waals surface area contributed by atoms with Gasteiger partial charge in [-0.3, -0.25) is 9.89 Å². The molecule has 0 saturated heterocycles. The average Bonchev–Trinajstić information content (AvgIpc) is 2.61. The molecule has 2 rings (SSSR count). The molecule has 1 aromatic carbocycles. The van der Waals surface area contributed by atoms with Gasteiger partial charge in [0.25, 0.3) is 5.56 Å². The molecular weight excluding hydrogens is 207 g/mol. The first-order valence-corrected chi connectivity index (χ1v) is 5.16. The molecule has 0 radical (unpaired) electrons. The van der Waals surface area contributed by atoms with Crippen LogP contribution in [0.25, 0.3) is 5.69 Å². The van der Waals surface area contributed by atoms with Crippen LogP contribution in [0.4, 0.5) is 4.39 Å². The van der Waals surface area contributed by atoms with Gasteiger partial charge in [0.15, 0.2) is 0 Å². The maximum atomic E-state index is 13.5. The van der Waals surface area contributed by atoms with E-state index in [9.17, 15) is 9.18 Å². The number of nitrogens with one attached hydrogen (secondary N) is 1. The van der Waals surface area contributed by atoms with E-state index in [1.807, 2.05) is 13.8 Å². The van der Waals surface area contributed by atoms with Gasteiger partial charge in [-0.1, -0.05) is 26.0 Å². The second kappa shape index (κ2) is 3.96. The molecule has 0 amide bonds. The second-order valence-corrected chi connectivity index (χ2v) is 3.99. The van der Waals surface area contributed by atoms with Gasteiger partial charge in [0.2, 0.25) is 0 Å². The summed E-state index contributed by atoms with van der Waals surface area (Å²) < 4.78 is 14.7. The Morgan fingerprint density at radius 2 is 2.00 bits per heavy atom. The van der Waals surface area contributed by atoms with E-state index < -0.39 is 5.82 Å². The van der Waals surface area contributed by atoms with Crippen molar-refractivity contribution in [2.75, 3.05) is 0 Å². The maximum absolute atomic E-state index is 13.5. The van der Waals surface area contributed by atoms with E-state index in [-0.39, 0.29) is 17.2 Å². The van der Waals surface area contributed by atoms with Gasteiger partial charge in [-0.05, 0) is 18.1 Å². The number of H-pyrrole nitrogens is 1. The number of nitrogens with zero attached hydrogens (tertiary/aromatic N) is 1. The van der Waals surface area contributed by atoms with Crippen LogP contribution < -0.4 is 5.56 Å². The number of benzene rings is 1. The third kappa shape index (κ3) is 1.78. The standard InChI is InChI=1S/C12H13FN2O/c1-8(2)10-7-12(16)15(14-10)11-6-4-3-5-9(11)13/h3-8,14H,1-2H3. The molecule has 0 saturated carbocycles. The molecule has 1 heterocycles. The lowest BCUT2D eigenvalue weighted by atomic mass is 10.1. The zero-order valence-electron chi connectivity index (χ0n) is 9.20. The van der Waals surface area contributed by atoms with Crippen LogP contribution in [-0.4, -0.2) is 9.78 Å². The minimum Gasteiger partial charge on any atom is -0.295 e. The summed E-state index contributed by atoms with van der Waals surface area (Å²) in [6, 6.07) is 7.68. The van der Waals surface area contributed by atoms with Crippen LogP contribution in [0.1, 0.15) is 25.5 Å². The van der Waals surface area contributed by atoms with E-state index in [0.717, 1.165) is 5.69 Å². The maximum Gasteiger partial charge on any atom is 0.271 e. The fourth-order valence-corrected chi connectivity index (χ4v) is 1.52. The van der Waals surface area contributed by atoms with E-state index in [2.05, 4.69) is 5.10 Å². The summed E-state index contributed by atoms with van der Waals surface area (Å²) >= 11 is 0. The Morgan fingerprint density at radius 1 is 1.31 bits per heavy atom. The van der Waals surface area contributed by atoms with E-state index in [1.54, 1.807) is 18.2 Å². The largest absolute Gasteiger partial charge is 0.295 e. The van der Waals surface area contributed by atoms with Crippen molar-refractivity contribution >= 4 is 0 Å². The van der Waals surface area contributed by atoms with Crippen LogP contribution in [0.2, 0.25) is 0 Å². The molecule has 16 heavy (non-hydrogen) atoms. The smallest absolute Gasteiger partial charge is 0.271 e. The van der Waals surface area contributed by atoms with Crippen LogP contribution in [0, 0.1) is 5.82 Å². The van der Waals surface area contributed by atoms with Crippen molar-refractivity contribution in [3.8, 4) is 5.69 Å². The quantitative estimate of drug-likeness (QED) is 0.829. The molecule has 3 nitrogen and oxygen atoms in total. The zero-order valence-corrected chi connectivity index (χ0v) is 9.20. The van der Waals surface area contributed by atoms with Gasteiger partial charge >= 0.3 is 0 Å². The van der Waals surface area contributed by atoms with E-state index in [1.165, 1.54) is 16.8 Å². The SMILES string of the molecule is CC(C)c1cc(=O)n(-c2ccccc2F)[nH]1. The summed E-state index contributed by atoms with van der Waals surface area (Å²) in [6.07, 6.45) is 0. The zero-order chi connectivity index (χ0) is 11.7. The second-order valence-electron chi connectivity index (χ2n) is 3.99. The topological polar surface area (TPSA) is 37.8 Å². The Kier molecular flexibility index (Phi) is 2.64. The molecule has 0 bridgehead atoms. The van der Waals surface area contributed by atoms with Crippen LogP contribution >= 0.6 is 0 Å². The van der Waals surface area contributed by atoms with Crippen molar-refractivity contribution in [3.63, 3.8) is 0 Å². The molecule has 0 spiro atoms. The van der Waals surface area contributed by atoms with E-state index in [0.29, 0.717) is 0 Å². The first-order valence-electron chi connectivity index (χ1n) is 5.16. The predicted octanol–water partition coefficient (Wildman–Crippen LogP) is 2.43. The summed E-state index contributed by atoms with van der Waals surface area (Å²) in [6.45, 7) is 3.94. The van der Waals surface area contributed by atoms with Crippen molar-refractivity contribution in [2.24, 2.45) is 0 Å². The highest BCUT2D eigenvalue weighted by molar-refractivity contribution is 5.32. The number of hydrogen-bond donors (Lipinski definition) is 1. The van der Waals surface area contributed by atoms with Gasteiger partial charge in [-0.25, -0.2) is 9.07 Å². The first-order chi connectivity index (χ1) is 7.59. The minimum absolute atomic E-state index is 0.209. The number of rotatable bonds is 2. The highest BCUT2D eigenvalue weighted by Crippen LogP contribution is 2.13. The predicted molar refractivity (Wildman–Crippen MR) is 60.4 cm³/mol. The Morgan fingerprint density at radius 3 is 2.56 bits per heavy atom. The summed E-state index contributed by atoms with van der Waals surface area (Å²) in [5.41, 5.74) is 0.807. The summed E-state index contributed by atoms with van der Waals surface area (Å²) in [5, 5.41) is 2.90. The fraction of sp³-hybridized carbons (Fsp3) is 0.250. The van der Waals surface area contributed by atoms with Crippen molar-refractivity contribution in [3.05, 3.63) is 52.2 Å². The molecular formula is C12H13FN2O. The summed E-state index contributed by atoms with van der Waals surface area (Å²) in [5.74, 6) is -0.206. The highest BCUT2D eigenvalue weighted by Gasteiger charge is 2.10. The third-order valence-electron chi connectivity index (χ3n) is 2.46. The number of halogens is 1. The van der Waals surface area contributed by atoms with Gasteiger partial charge in [0, 0.05) is 11.8 Å². The van der Waals surface area contributed by atoms with Gasteiger partial charge in [0.1, 0.15) is 11.5 Å². The molecule has 84 valence electrons. The molecule has 0 atom stereocenters. The number of aromatic nitrogens is 2. The summed E-state index contributed by atoms with van der Waals surface area (Å²) in [7, 11) is 0. The van der Waals surface area contributed by atoms with Crippen molar-refractivity contribution in [2.45, 2.75) is 19.8 Å². The normalized spacial score (nSPS) is 11.0. The monoisotopic (exact) mass is 220 g/mol. The highest BCUT2D eigenvalue weighted by atomic mass is 19.1. The van der Waals surface area contributed by atoms with Gasteiger partial charge in [-0.15, -0.1) is 0 Å². The Balaban J connectivity index is 2.57. The Bertz CT molecular complexity index is 554. The summed E-state index contributed by atoms with van der Waals surface area (Å²) in [4.78, 5) is 11.7. The molecule has 0 aliphatic heterocycles. The first kappa shape index (κ1) is 10.7. The third-order valence-corrected chi connectivity index (χ3v) is 2.46. The van der Waals surface area contributed by atoms with Gasteiger partial charge in [0.05, 0.1) is 0 Å². The molecule has 1 aromatic heterocycles. The molecule has 0 unspecified atom stereocenters. The molecule has 4 heteroatoms. The van der Waals surface area contributed by atoms with E-state index >= 15 is 0 Å². The average molecular weight is 220 g/mol. The number of para-hydroxylation sites is 1. The number of hydrogen-bond acceptors (Lipinski definition) is 1. The van der Waals surface area contributed by atoms with Crippen molar-refractivity contribution in [1.82, 2.24) is 9.78 Å². The molecule has 2 aromatic rings. The molecule has 0 fully saturated rings. The minimum atomic E-state index is -0.415. The molecule has 0 aliphatic carbocycles. The lowest BCUT2D eigenvalue weighted by Gasteiger charge is -2.04. The fourth-order valence-electron chi connectivity index (χ4n) is 1.52. The van der Waals surface area contributed by atoms with Crippen LogP contribution in [-0.2, 0) is 0 Å². The lowest BCUT2D eigenvalue weighted by molar-refractivity contribution is 0.606. The Labute approximate surface area is 92.5 Å². The van der Waals surface area contributed by atoms with Gasteiger partial charge in [-0.2, -0.15) is 0 Å². The van der Waals surface area contributed by atoms with Crippen LogP contribution in [0.15, 0.2) is 35.1 Å². The van der Waals surface area contributed by atoms with Gasteiger partial charge < -0.3 is 0 Å². The van der Waals surface area contributed by atoms with E-state index in [4.69, 9.17) is 0 Å². The lowest BCUT2D eigenvalue weighted by Crippen LogP contribution is -2.14. The molecule has 1 N–H and O–H groups in total. The number of aromatic amines is 1. The molecule has 0 aliphatic rings. The van der Waals surface area contributed by atoms with Crippen molar-refractivity contribution < 1.29 is 4.39 Å².